The van der Waals surface area contributed by atoms with E-state index in [4.69, 9.17) is 5.73 Å². The first kappa shape index (κ1) is 14.8. The van der Waals surface area contributed by atoms with Crippen molar-refractivity contribution >= 4 is 17.3 Å². The molecule has 3 rings (SSSR count). The van der Waals surface area contributed by atoms with Crippen LogP contribution in [-0.2, 0) is 0 Å². The number of nitrogen functional groups attached to an aromatic ring is 1. The van der Waals surface area contributed by atoms with Crippen molar-refractivity contribution in [2.24, 2.45) is 5.41 Å². The van der Waals surface area contributed by atoms with Crippen LogP contribution in [0.2, 0.25) is 0 Å². The molecule has 0 atom stereocenters. The van der Waals surface area contributed by atoms with E-state index in [0.717, 1.165) is 25.9 Å². The highest BCUT2D eigenvalue weighted by molar-refractivity contribution is 5.95. The van der Waals surface area contributed by atoms with Crippen LogP contribution in [0.15, 0.2) is 18.2 Å². The SMILES string of the molecule is Nc1ccc(C(=O)N2CCC3(CCNC3)CC2)cc1[N+](=O)[O-]. The summed E-state index contributed by atoms with van der Waals surface area (Å²) in [6.45, 7) is 3.50. The molecule has 7 nitrogen and oxygen atoms in total. The first-order valence-corrected chi connectivity index (χ1v) is 7.55. The van der Waals surface area contributed by atoms with Crippen LogP contribution in [0.25, 0.3) is 0 Å². The number of hydrogen-bond acceptors (Lipinski definition) is 5. The number of nitrogens with two attached hydrogens (primary N) is 1. The Labute approximate surface area is 128 Å². The van der Waals surface area contributed by atoms with Gasteiger partial charge in [0.25, 0.3) is 11.6 Å². The predicted molar refractivity (Wildman–Crippen MR) is 82.6 cm³/mol. The van der Waals surface area contributed by atoms with E-state index in [9.17, 15) is 14.9 Å². The molecule has 0 saturated carbocycles. The average Bonchev–Trinajstić information content (AvgIpc) is 2.96. The number of amides is 1. The molecule has 1 aromatic rings. The van der Waals surface area contributed by atoms with Gasteiger partial charge in [0.05, 0.1) is 4.92 Å². The Morgan fingerprint density at radius 1 is 1.32 bits per heavy atom. The van der Waals surface area contributed by atoms with Crippen LogP contribution in [0.3, 0.4) is 0 Å². The zero-order chi connectivity index (χ0) is 15.7. The van der Waals surface area contributed by atoms with Gasteiger partial charge < -0.3 is 16.0 Å². The highest BCUT2D eigenvalue weighted by Gasteiger charge is 2.38. The van der Waals surface area contributed by atoms with Crippen molar-refractivity contribution in [2.45, 2.75) is 19.3 Å². The second kappa shape index (κ2) is 5.57. The van der Waals surface area contributed by atoms with Crippen LogP contribution < -0.4 is 11.1 Å². The number of piperidine rings is 1. The normalized spacial score (nSPS) is 20.3. The number of anilines is 1. The van der Waals surface area contributed by atoms with E-state index < -0.39 is 4.92 Å². The number of nitrogens with one attached hydrogen (secondary N) is 1. The van der Waals surface area contributed by atoms with E-state index in [1.807, 2.05) is 0 Å². The molecule has 0 radical (unpaired) electrons. The van der Waals surface area contributed by atoms with Crippen molar-refractivity contribution in [1.29, 1.82) is 0 Å². The molecule has 118 valence electrons. The number of carbonyl (C=O) groups is 1. The maximum absolute atomic E-state index is 12.5. The van der Waals surface area contributed by atoms with Gasteiger partial charge in [-0.25, -0.2) is 0 Å². The van der Waals surface area contributed by atoms with Gasteiger partial charge in [-0.3, -0.25) is 14.9 Å². The van der Waals surface area contributed by atoms with E-state index >= 15 is 0 Å². The third-order valence-corrected chi connectivity index (χ3v) is 4.92. The molecule has 2 saturated heterocycles. The molecule has 2 heterocycles. The largest absolute Gasteiger partial charge is 0.393 e. The van der Waals surface area contributed by atoms with Gasteiger partial charge in [-0.05, 0) is 43.4 Å². The standard InChI is InChI=1S/C15H20N4O3/c16-12-2-1-11(9-13(12)19(21)22)14(20)18-7-4-15(5-8-18)3-6-17-10-15/h1-2,9,17H,3-8,10,16H2. The minimum Gasteiger partial charge on any atom is -0.393 e. The number of carbonyl (C=O) groups excluding carboxylic acids is 1. The summed E-state index contributed by atoms with van der Waals surface area (Å²) in [7, 11) is 0. The van der Waals surface area contributed by atoms with Gasteiger partial charge in [0.2, 0.25) is 0 Å². The van der Waals surface area contributed by atoms with E-state index in [2.05, 4.69) is 5.32 Å². The lowest BCUT2D eigenvalue weighted by Crippen LogP contribution is -2.44. The molecular weight excluding hydrogens is 284 g/mol. The lowest BCUT2D eigenvalue weighted by atomic mass is 9.78. The molecule has 2 fully saturated rings. The van der Waals surface area contributed by atoms with Crippen molar-refractivity contribution < 1.29 is 9.72 Å². The molecule has 0 unspecified atom stereocenters. The van der Waals surface area contributed by atoms with Gasteiger partial charge >= 0.3 is 0 Å². The Morgan fingerprint density at radius 2 is 2.05 bits per heavy atom. The van der Waals surface area contributed by atoms with Gasteiger partial charge in [0, 0.05) is 31.3 Å². The van der Waals surface area contributed by atoms with Crippen LogP contribution in [0, 0.1) is 15.5 Å². The van der Waals surface area contributed by atoms with E-state index in [1.165, 1.54) is 18.6 Å². The summed E-state index contributed by atoms with van der Waals surface area (Å²) in [5.74, 6) is -0.149. The molecular formula is C15H20N4O3. The molecule has 1 amide bonds. The summed E-state index contributed by atoms with van der Waals surface area (Å²) in [4.78, 5) is 24.7. The van der Waals surface area contributed by atoms with Crippen molar-refractivity contribution in [3.63, 3.8) is 0 Å². The summed E-state index contributed by atoms with van der Waals surface area (Å²) in [6.07, 6.45) is 3.15. The molecule has 1 aromatic carbocycles. The van der Waals surface area contributed by atoms with Gasteiger partial charge in [-0.15, -0.1) is 0 Å². The summed E-state index contributed by atoms with van der Waals surface area (Å²) in [5.41, 5.74) is 6.12. The van der Waals surface area contributed by atoms with Crippen LogP contribution in [0.4, 0.5) is 11.4 Å². The summed E-state index contributed by atoms with van der Waals surface area (Å²) >= 11 is 0. The number of hydrogen-bond donors (Lipinski definition) is 2. The Kier molecular flexibility index (Phi) is 3.74. The lowest BCUT2D eigenvalue weighted by Gasteiger charge is -2.38. The highest BCUT2D eigenvalue weighted by Crippen LogP contribution is 2.37. The topological polar surface area (TPSA) is 102 Å². The smallest absolute Gasteiger partial charge is 0.292 e. The van der Waals surface area contributed by atoms with Gasteiger partial charge in [-0.1, -0.05) is 0 Å². The van der Waals surface area contributed by atoms with Gasteiger partial charge in [-0.2, -0.15) is 0 Å². The summed E-state index contributed by atoms with van der Waals surface area (Å²) in [6, 6.07) is 4.27. The van der Waals surface area contributed by atoms with Crippen LogP contribution >= 0.6 is 0 Å². The Balaban J connectivity index is 1.72. The number of benzene rings is 1. The maximum Gasteiger partial charge on any atom is 0.292 e. The second-order valence-corrected chi connectivity index (χ2v) is 6.25. The predicted octanol–water partition coefficient (Wildman–Crippen LogP) is 1.39. The zero-order valence-electron chi connectivity index (χ0n) is 12.4. The minimum atomic E-state index is -0.554. The fraction of sp³-hybridized carbons (Fsp3) is 0.533. The Bertz CT molecular complexity index is 601. The van der Waals surface area contributed by atoms with E-state index in [-0.39, 0.29) is 17.3 Å². The van der Waals surface area contributed by atoms with Crippen molar-refractivity contribution in [1.82, 2.24) is 10.2 Å². The highest BCUT2D eigenvalue weighted by atomic mass is 16.6. The molecule has 0 aliphatic carbocycles. The van der Waals surface area contributed by atoms with Crippen LogP contribution in [0.1, 0.15) is 29.6 Å². The first-order chi connectivity index (χ1) is 10.5. The quantitative estimate of drug-likeness (QED) is 0.488. The molecule has 1 spiro atoms. The number of nitro benzene ring substituents is 1. The fourth-order valence-corrected chi connectivity index (χ4v) is 3.42. The number of nitrogens with zero attached hydrogens (tertiary/aromatic N) is 2. The second-order valence-electron chi connectivity index (χ2n) is 6.25. The van der Waals surface area contributed by atoms with E-state index in [0.29, 0.717) is 24.1 Å². The average molecular weight is 304 g/mol. The first-order valence-electron chi connectivity index (χ1n) is 7.55. The third-order valence-electron chi connectivity index (χ3n) is 4.92. The van der Waals surface area contributed by atoms with Gasteiger partial charge in [0.15, 0.2) is 0 Å². The monoisotopic (exact) mass is 304 g/mol. The Hall–Kier alpha value is -2.15. The summed E-state index contributed by atoms with van der Waals surface area (Å²) < 4.78 is 0. The molecule has 3 N–H and O–H groups in total. The minimum absolute atomic E-state index is 0.0798. The number of nitro groups is 1. The maximum atomic E-state index is 12.5. The molecule has 0 bridgehead atoms. The molecule has 0 aromatic heterocycles. The van der Waals surface area contributed by atoms with Crippen LogP contribution in [-0.4, -0.2) is 41.9 Å². The Morgan fingerprint density at radius 3 is 2.64 bits per heavy atom. The lowest BCUT2D eigenvalue weighted by molar-refractivity contribution is -0.383. The van der Waals surface area contributed by atoms with Crippen molar-refractivity contribution in [3.8, 4) is 0 Å². The van der Waals surface area contributed by atoms with Crippen molar-refractivity contribution in [3.05, 3.63) is 33.9 Å². The molecule has 2 aliphatic rings. The third kappa shape index (κ3) is 2.64. The molecule has 2 aliphatic heterocycles. The van der Waals surface area contributed by atoms with Crippen LogP contribution in [0.5, 0.6) is 0 Å². The number of likely N-dealkylation sites (tertiary alicyclic amines) is 1. The van der Waals surface area contributed by atoms with Crippen molar-refractivity contribution in [2.75, 3.05) is 31.9 Å². The molecule has 22 heavy (non-hydrogen) atoms. The van der Waals surface area contributed by atoms with E-state index in [1.54, 1.807) is 11.0 Å². The summed E-state index contributed by atoms with van der Waals surface area (Å²) in [5, 5.41) is 14.3. The fourth-order valence-electron chi connectivity index (χ4n) is 3.42. The molecule has 7 heteroatoms. The number of rotatable bonds is 2. The zero-order valence-corrected chi connectivity index (χ0v) is 12.4. The van der Waals surface area contributed by atoms with Gasteiger partial charge in [0.1, 0.15) is 5.69 Å².